The Labute approximate surface area is 141 Å². The summed E-state index contributed by atoms with van der Waals surface area (Å²) < 4.78 is 39.4. The second-order valence-electron chi connectivity index (χ2n) is 6.02. The molecule has 0 amide bonds. The fourth-order valence-corrected chi connectivity index (χ4v) is 5.78. The number of hydrogen-bond acceptors (Lipinski definition) is 2. The summed E-state index contributed by atoms with van der Waals surface area (Å²) in [5.41, 5.74) is 0.548. The predicted molar refractivity (Wildman–Crippen MR) is 89.8 cm³/mol. The van der Waals surface area contributed by atoms with Gasteiger partial charge < -0.3 is 0 Å². The first kappa shape index (κ1) is 16.5. The molecular formula is C18H18ClFO2S. The van der Waals surface area contributed by atoms with Gasteiger partial charge in [-0.25, -0.2) is 12.8 Å². The van der Waals surface area contributed by atoms with Crippen molar-refractivity contribution in [2.45, 2.75) is 41.7 Å². The normalized spacial score (nSPS) is 17.8. The summed E-state index contributed by atoms with van der Waals surface area (Å²) in [5, 5.41) is 0.493. The molecule has 0 N–H and O–H groups in total. The summed E-state index contributed by atoms with van der Waals surface area (Å²) in [5.74, 6) is -0.404. The molecule has 0 radical (unpaired) electrons. The maximum atomic E-state index is 13.7. The van der Waals surface area contributed by atoms with Crippen LogP contribution >= 0.6 is 11.6 Å². The monoisotopic (exact) mass is 352 g/mol. The van der Waals surface area contributed by atoms with Gasteiger partial charge in [-0.2, -0.15) is 0 Å². The van der Waals surface area contributed by atoms with Gasteiger partial charge in [-0.15, -0.1) is 0 Å². The van der Waals surface area contributed by atoms with Crippen molar-refractivity contribution in [1.82, 2.24) is 0 Å². The molecule has 1 aliphatic carbocycles. The van der Waals surface area contributed by atoms with Crippen molar-refractivity contribution < 1.29 is 12.8 Å². The lowest BCUT2D eigenvalue weighted by Crippen LogP contribution is -2.38. The molecule has 1 aliphatic rings. The number of rotatable bonds is 3. The number of benzene rings is 2. The van der Waals surface area contributed by atoms with Crippen LogP contribution in [-0.2, 0) is 14.6 Å². The van der Waals surface area contributed by atoms with Crippen LogP contribution in [0, 0.1) is 5.82 Å². The molecule has 0 unspecified atom stereocenters. The first-order valence-electron chi connectivity index (χ1n) is 7.72. The maximum Gasteiger partial charge on any atom is 0.188 e. The third kappa shape index (κ3) is 2.90. The van der Waals surface area contributed by atoms with Crippen LogP contribution in [0.3, 0.4) is 0 Å². The molecule has 2 nitrogen and oxygen atoms in total. The largest absolute Gasteiger partial charge is 0.223 e. The van der Waals surface area contributed by atoms with E-state index in [1.165, 1.54) is 24.3 Å². The number of halogens is 2. The third-order valence-electron chi connectivity index (χ3n) is 4.65. The molecule has 1 fully saturated rings. The molecule has 2 aromatic carbocycles. The van der Waals surface area contributed by atoms with E-state index in [2.05, 4.69) is 0 Å². The van der Waals surface area contributed by atoms with Crippen molar-refractivity contribution in [3.05, 3.63) is 64.9 Å². The Kier molecular flexibility index (Phi) is 4.47. The van der Waals surface area contributed by atoms with Crippen LogP contribution in [-0.4, -0.2) is 8.42 Å². The lowest BCUT2D eigenvalue weighted by Gasteiger charge is -2.37. The van der Waals surface area contributed by atoms with Gasteiger partial charge in [0.05, 0.1) is 4.90 Å². The first-order valence-corrected chi connectivity index (χ1v) is 9.58. The van der Waals surface area contributed by atoms with Gasteiger partial charge in [-0.3, -0.25) is 0 Å². The Bertz CT molecular complexity index is 794. The van der Waals surface area contributed by atoms with E-state index in [4.69, 9.17) is 11.6 Å². The van der Waals surface area contributed by atoms with Gasteiger partial charge in [-0.05, 0) is 54.8 Å². The summed E-state index contributed by atoms with van der Waals surface area (Å²) in [6.45, 7) is 0. The van der Waals surface area contributed by atoms with E-state index in [0.29, 0.717) is 23.4 Å². The molecule has 0 bridgehead atoms. The van der Waals surface area contributed by atoms with E-state index in [-0.39, 0.29) is 4.90 Å². The molecule has 3 rings (SSSR count). The summed E-state index contributed by atoms with van der Waals surface area (Å²) in [4.78, 5) is 0.244. The minimum Gasteiger partial charge on any atom is -0.223 e. The van der Waals surface area contributed by atoms with E-state index in [1.54, 1.807) is 24.3 Å². The SMILES string of the molecule is O=S(=O)(c1ccc(Cl)cc1)C1(c2cccc(F)c2)CCCCC1. The molecule has 0 atom stereocenters. The van der Waals surface area contributed by atoms with Crippen LogP contribution < -0.4 is 0 Å². The molecule has 1 saturated carbocycles. The smallest absolute Gasteiger partial charge is 0.188 e. The average molecular weight is 353 g/mol. The van der Waals surface area contributed by atoms with Crippen LogP contribution in [0.15, 0.2) is 53.4 Å². The Morgan fingerprint density at radius 2 is 1.61 bits per heavy atom. The minimum atomic E-state index is -3.64. The van der Waals surface area contributed by atoms with Gasteiger partial charge in [0.1, 0.15) is 10.6 Å². The molecule has 23 heavy (non-hydrogen) atoms. The first-order chi connectivity index (χ1) is 11.0. The summed E-state index contributed by atoms with van der Waals surface area (Å²) in [7, 11) is -3.64. The van der Waals surface area contributed by atoms with E-state index in [1.807, 2.05) is 0 Å². The highest BCUT2D eigenvalue weighted by atomic mass is 35.5. The highest BCUT2D eigenvalue weighted by Gasteiger charge is 2.46. The Morgan fingerprint density at radius 1 is 0.957 bits per heavy atom. The van der Waals surface area contributed by atoms with Gasteiger partial charge in [0.15, 0.2) is 9.84 Å². The lowest BCUT2D eigenvalue weighted by molar-refractivity contribution is 0.379. The van der Waals surface area contributed by atoms with Gasteiger partial charge in [0.2, 0.25) is 0 Å². The summed E-state index contributed by atoms with van der Waals surface area (Å²) >= 11 is 5.88. The molecule has 0 spiro atoms. The third-order valence-corrected chi connectivity index (χ3v) is 7.47. The molecule has 0 aliphatic heterocycles. The fraction of sp³-hybridized carbons (Fsp3) is 0.333. The zero-order valence-corrected chi connectivity index (χ0v) is 14.2. The minimum absolute atomic E-state index is 0.244. The van der Waals surface area contributed by atoms with Crippen molar-refractivity contribution in [3.8, 4) is 0 Å². The molecule has 5 heteroatoms. The van der Waals surface area contributed by atoms with Gasteiger partial charge >= 0.3 is 0 Å². The average Bonchev–Trinajstić information content (AvgIpc) is 2.56. The summed E-state index contributed by atoms with van der Waals surface area (Å²) in [6, 6.07) is 12.2. The maximum absolute atomic E-state index is 13.7. The highest BCUT2D eigenvalue weighted by molar-refractivity contribution is 7.92. The molecule has 2 aromatic rings. The number of sulfone groups is 1. The Balaban J connectivity index is 2.17. The second kappa shape index (κ2) is 6.25. The van der Waals surface area contributed by atoms with Crippen molar-refractivity contribution in [1.29, 1.82) is 0 Å². The molecule has 0 heterocycles. The van der Waals surface area contributed by atoms with Crippen LogP contribution in [0.2, 0.25) is 5.02 Å². The van der Waals surface area contributed by atoms with Crippen LogP contribution in [0.1, 0.15) is 37.7 Å². The van der Waals surface area contributed by atoms with Gasteiger partial charge in [0, 0.05) is 5.02 Å². The van der Waals surface area contributed by atoms with Gasteiger partial charge in [-0.1, -0.05) is 43.0 Å². The van der Waals surface area contributed by atoms with Crippen molar-refractivity contribution in [3.63, 3.8) is 0 Å². The van der Waals surface area contributed by atoms with Crippen molar-refractivity contribution >= 4 is 21.4 Å². The van der Waals surface area contributed by atoms with Crippen LogP contribution in [0.5, 0.6) is 0 Å². The lowest BCUT2D eigenvalue weighted by atomic mass is 9.83. The van der Waals surface area contributed by atoms with Crippen LogP contribution in [0.4, 0.5) is 4.39 Å². The van der Waals surface area contributed by atoms with Gasteiger partial charge in [0.25, 0.3) is 0 Å². The second-order valence-corrected chi connectivity index (χ2v) is 8.72. The standard InChI is InChI=1S/C18H18ClFO2S/c19-15-7-9-17(10-8-15)23(21,22)18(11-2-1-3-12-18)14-5-4-6-16(20)13-14/h4-10,13H,1-3,11-12H2. The highest BCUT2D eigenvalue weighted by Crippen LogP contribution is 2.47. The quantitative estimate of drug-likeness (QED) is 0.769. The summed E-state index contributed by atoms with van der Waals surface area (Å²) in [6.07, 6.45) is 3.68. The fourth-order valence-electron chi connectivity index (χ4n) is 3.45. The van der Waals surface area contributed by atoms with Crippen LogP contribution in [0.25, 0.3) is 0 Å². The van der Waals surface area contributed by atoms with Crippen molar-refractivity contribution in [2.24, 2.45) is 0 Å². The topological polar surface area (TPSA) is 34.1 Å². The predicted octanol–water partition coefficient (Wildman–Crippen LogP) is 5.11. The Morgan fingerprint density at radius 3 is 2.22 bits per heavy atom. The zero-order valence-electron chi connectivity index (χ0n) is 12.6. The molecule has 0 aromatic heterocycles. The Hall–Kier alpha value is -1.39. The van der Waals surface area contributed by atoms with E-state index >= 15 is 0 Å². The van der Waals surface area contributed by atoms with E-state index in [0.717, 1.165) is 19.3 Å². The zero-order chi connectivity index (χ0) is 16.5. The molecule has 122 valence electrons. The van der Waals surface area contributed by atoms with E-state index in [9.17, 15) is 12.8 Å². The molecule has 0 saturated heterocycles. The van der Waals surface area contributed by atoms with Crippen molar-refractivity contribution in [2.75, 3.05) is 0 Å². The molecular weight excluding hydrogens is 335 g/mol. The number of hydrogen-bond donors (Lipinski definition) is 0. The van der Waals surface area contributed by atoms with E-state index < -0.39 is 20.4 Å².